The minimum atomic E-state index is -1.87. The first-order valence-corrected chi connectivity index (χ1v) is 10.2. The molecule has 0 bridgehead atoms. The Morgan fingerprint density at radius 3 is 0.947 bits per heavy atom. The van der Waals surface area contributed by atoms with E-state index in [0.29, 0.717) is 0 Å². The van der Waals surface area contributed by atoms with E-state index >= 15 is 0 Å². The second-order valence-electron chi connectivity index (χ2n) is 4.67. The van der Waals surface area contributed by atoms with Gasteiger partial charge in [-0.2, -0.15) is 0 Å². The van der Waals surface area contributed by atoms with Crippen LogP contribution < -0.4 is 12.4 Å². The maximum absolute atomic E-state index is 2.28. The van der Waals surface area contributed by atoms with E-state index in [-0.39, 0.29) is 1.43 Å². The normalized spacial score (nSPS) is 10.1. The fourth-order valence-electron chi connectivity index (χ4n) is 2.51. The zero-order valence-corrected chi connectivity index (χ0v) is 13.2. The number of hydrogen-bond donors (Lipinski definition) is 0. The monoisotopic (exact) mass is 301 g/mol. The van der Waals surface area contributed by atoms with Crippen molar-refractivity contribution in [3.63, 3.8) is 0 Å². The second-order valence-corrected chi connectivity index (χ2v) is 10.7. The fourth-order valence-corrected chi connectivity index (χ4v) is 8.76. The van der Waals surface area contributed by atoms with Crippen LogP contribution in [-0.2, 0) is 0 Å². The Kier molecular flexibility index (Phi) is 3.87. The SMILES string of the molecule is [H-].c1cc[c]([Ga]([c]2ccccc2)[c]2ccccc2)cc1. The van der Waals surface area contributed by atoms with Crippen LogP contribution in [0, 0.1) is 0 Å². The van der Waals surface area contributed by atoms with Crippen LogP contribution in [0.3, 0.4) is 0 Å². The summed E-state index contributed by atoms with van der Waals surface area (Å²) in [7, 11) is 0. The van der Waals surface area contributed by atoms with Gasteiger partial charge in [0.25, 0.3) is 0 Å². The summed E-state index contributed by atoms with van der Waals surface area (Å²) in [5.41, 5.74) is 0. The topological polar surface area (TPSA) is 0 Å². The molecule has 0 aromatic heterocycles. The predicted octanol–water partition coefficient (Wildman–Crippen LogP) is 2.32. The van der Waals surface area contributed by atoms with Gasteiger partial charge in [0.05, 0.1) is 0 Å². The first kappa shape index (κ1) is 12.3. The first-order chi connectivity index (χ1) is 9.45. The Morgan fingerprint density at radius 1 is 0.421 bits per heavy atom. The van der Waals surface area contributed by atoms with E-state index in [2.05, 4.69) is 91.0 Å². The molecule has 0 amide bonds. The van der Waals surface area contributed by atoms with Crippen LogP contribution >= 0.6 is 0 Å². The van der Waals surface area contributed by atoms with Crippen LogP contribution in [0.5, 0.6) is 0 Å². The third-order valence-corrected chi connectivity index (χ3v) is 10.0. The van der Waals surface area contributed by atoms with Crippen molar-refractivity contribution < 1.29 is 1.43 Å². The van der Waals surface area contributed by atoms with Gasteiger partial charge >= 0.3 is 120 Å². The van der Waals surface area contributed by atoms with Crippen molar-refractivity contribution in [2.75, 3.05) is 0 Å². The minimum absolute atomic E-state index is 0. The van der Waals surface area contributed by atoms with Crippen LogP contribution in [0.15, 0.2) is 91.0 Å². The molecule has 0 aliphatic carbocycles. The summed E-state index contributed by atoms with van der Waals surface area (Å²) in [5.74, 6) is 0. The average Bonchev–Trinajstić information content (AvgIpc) is 2.51. The number of rotatable bonds is 3. The van der Waals surface area contributed by atoms with Crippen molar-refractivity contribution in [3.8, 4) is 0 Å². The fraction of sp³-hybridized carbons (Fsp3) is 0. The van der Waals surface area contributed by atoms with E-state index in [4.69, 9.17) is 0 Å². The molecular weight excluding hydrogens is 286 g/mol. The molecule has 19 heavy (non-hydrogen) atoms. The van der Waals surface area contributed by atoms with Crippen molar-refractivity contribution in [1.82, 2.24) is 0 Å². The number of hydrogen-bond acceptors (Lipinski definition) is 0. The molecule has 0 radical (unpaired) electrons. The molecule has 0 heterocycles. The van der Waals surface area contributed by atoms with E-state index in [1.807, 2.05) is 0 Å². The molecule has 0 aliphatic rings. The van der Waals surface area contributed by atoms with Crippen LogP contribution in [0.2, 0.25) is 0 Å². The first-order valence-electron chi connectivity index (χ1n) is 6.60. The summed E-state index contributed by atoms with van der Waals surface area (Å²) in [4.78, 5) is 0. The van der Waals surface area contributed by atoms with Crippen LogP contribution in [-0.4, -0.2) is 16.2 Å². The van der Waals surface area contributed by atoms with Gasteiger partial charge in [0.2, 0.25) is 0 Å². The number of benzene rings is 3. The molecule has 3 rings (SSSR count). The quantitative estimate of drug-likeness (QED) is 0.651. The molecule has 1 heteroatoms. The predicted molar refractivity (Wildman–Crippen MR) is 85.1 cm³/mol. The van der Waals surface area contributed by atoms with Gasteiger partial charge in [-0.25, -0.2) is 0 Å². The van der Waals surface area contributed by atoms with Crippen molar-refractivity contribution >= 4 is 28.6 Å². The summed E-state index contributed by atoms with van der Waals surface area (Å²) in [6.45, 7) is 0. The van der Waals surface area contributed by atoms with Crippen LogP contribution in [0.1, 0.15) is 1.43 Å². The van der Waals surface area contributed by atoms with Crippen molar-refractivity contribution in [3.05, 3.63) is 91.0 Å². The van der Waals surface area contributed by atoms with E-state index < -0.39 is 16.2 Å². The summed E-state index contributed by atoms with van der Waals surface area (Å²) in [5, 5.41) is 0. The van der Waals surface area contributed by atoms with E-state index in [9.17, 15) is 0 Å². The van der Waals surface area contributed by atoms with Crippen molar-refractivity contribution in [2.24, 2.45) is 0 Å². The summed E-state index contributed by atoms with van der Waals surface area (Å²) in [6.07, 6.45) is 0. The van der Waals surface area contributed by atoms with E-state index in [1.54, 1.807) is 0 Å². The van der Waals surface area contributed by atoms with Gasteiger partial charge < -0.3 is 1.43 Å². The van der Waals surface area contributed by atoms with Crippen molar-refractivity contribution in [1.29, 1.82) is 0 Å². The standard InChI is InChI=1S/3C6H5.Ga.H/c3*1-2-4-6-5-3-1;;/h3*1-5H;;/q;;;;-1. The van der Waals surface area contributed by atoms with Crippen LogP contribution in [0.25, 0.3) is 0 Å². The van der Waals surface area contributed by atoms with Crippen LogP contribution in [0.4, 0.5) is 0 Å². The zero-order chi connectivity index (χ0) is 12.9. The molecule has 92 valence electrons. The molecule has 3 aromatic rings. The molecular formula is C18H16Ga-. The van der Waals surface area contributed by atoms with E-state index in [1.165, 1.54) is 12.4 Å². The maximum atomic E-state index is 2.28. The Bertz CT molecular complexity index is 529. The summed E-state index contributed by atoms with van der Waals surface area (Å²) in [6, 6.07) is 32.9. The second kappa shape index (κ2) is 5.96. The molecule has 0 fully saturated rings. The Morgan fingerprint density at radius 2 is 0.684 bits per heavy atom. The van der Waals surface area contributed by atoms with Gasteiger partial charge in [-0.05, 0) is 0 Å². The Labute approximate surface area is 121 Å². The molecule has 0 N–H and O–H groups in total. The summed E-state index contributed by atoms with van der Waals surface area (Å²) < 4.78 is 4.56. The van der Waals surface area contributed by atoms with Crippen molar-refractivity contribution in [2.45, 2.75) is 0 Å². The molecule has 0 nitrogen and oxygen atoms in total. The molecule has 0 saturated heterocycles. The Hall–Kier alpha value is -1.70. The molecule has 0 aliphatic heterocycles. The molecule has 0 spiro atoms. The molecule has 0 saturated carbocycles. The summed E-state index contributed by atoms with van der Waals surface area (Å²) >= 11 is -1.87. The molecule has 0 unspecified atom stereocenters. The van der Waals surface area contributed by atoms with Gasteiger partial charge in [-0.1, -0.05) is 0 Å². The van der Waals surface area contributed by atoms with Gasteiger partial charge in [0.1, 0.15) is 0 Å². The van der Waals surface area contributed by atoms with Gasteiger partial charge in [-0.15, -0.1) is 0 Å². The third kappa shape index (κ3) is 2.83. The molecule has 0 atom stereocenters. The van der Waals surface area contributed by atoms with Gasteiger partial charge in [-0.3, -0.25) is 0 Å². The average molecular weight is 302 g/mol. The zero-order valence-electron chi connectivity index (χ0n) is 11.7. The molecule has 3 aromatic carbocycles. The van der Waals surface area contributed by atoms with E-state index in [0.717, 1.165) is 0 Å². The third-order valence-electron chi connectivity index (χ3n) is 3.40. The van der Waals surface area contributed by atoms with Gasteiger partial charge in [0, 0.05) is 0 Å². The Balaban J connectivity index is 0.00000147. The van der Waals surface area contributed by atoms with Gasteiger partial charge in [0.15, 0.2) is 0 Å².